The maximum Gasteiger partial charge on any atom is 0.141 e. The van der Waals surface area contributed by atoms with Crippen LogP contribution < -0.4 is 4.74 Å². The monoisotopic (exact) mass is 528 g/mol. The minimum atomic E-state index is -0.240. The lowest BCUT2D eigenvalue weighted by atomic mass is 10.1. The number of H-pyrrole nitrogens is 1. The maximum atomic E-state index is 14.3. The number of nitriles is 1. The first kappa shape index (κ1) is 25.5. The Hall–Kier alpha value is -3.81. The number of benzene rings is 1. The van der Waals surface area contributed by atoms with E-state index in [-0.39, 0.29) is 18.0 Å². The Kier molecular flexibility index (Phi) is 7.52. The van der Waals surface area contributed by atoms with Crippen molar-refractivity contribution in [2.24, 2.45) is 0 Å². The number of rotatable bonds is 9. The third kappa shape index (κ3) is 5.95. The van der Waals surface area contributed by atoms with E-state index in [0.29, 0.717) is 12.2 Å². The van der Waals surface area contributed by atoms with E-state index in [1.165, 1.54) is 18.9 Å². The minimum absolute atomic E-state index is 0.0509. The van der Waals surface area contributed by atoms with Gasteiger partial charge in [-0.15, -0.1) is 0 Å². The largest absolute Gasteiger partial charge is 0.490 e. The van der Waals surface area contributed by atoms with E-state index in [1.807, 2.05) is 29.2 Å². The van der Waals surface area contributed by atoms with Gasteiger partial charge in [-0.05, 0) is 62.5 Å². The topological polar surface area (TPSA) is 98.9 Å². The van der Waals surface area contributed by atoms with Crippen molar-refractivity contribution < 1.29 is 9.13 Å². The Morgan fingerprint density at radius 1 is 1.10 bits per heavy atom. The molecule has 0 bridgehead atoms. The quantitative estimate of drug-likeness (QED) is 0.340. The molecular weight excluding hydrogens is 495 g/mol. The molecule has 9 nitrogen and oxygen atoms in total. The Bertz CT molecular complexity index is 1450. The van der Waals surface area contributed by atoms with Crippen LogP contribution >= 0.6 is 0 Å². The summed E-state index contributed by atoms with van der Waals surface area (Å²) in [6, 6.07) is 9.32. The van der Waals surface area contributed by atoms with Crippen molar-refractivity contribution in [3.8, 4) is 23.1 Å². The predicted molar refractivity (Wildman–Crippen MR) is 145 cm³/mol. The molecule has 2 saturated heterocycles. The van der Waals surface area contributed by atoms with Crippen LogP contribution in [0.15, 0.2) is 49.2 Å². The molecule has 0 radical (unpaired) electrons. The second-order valence-electron chi connectivity index (χ2n) is 10.6. The van der Waals surface area contributed by atoms with Gasteiger partial charge < -0.3 is 14.6 Å². The number of halogens is 1. The zero-order valence-electron chi connectivity index (χ0n) is 22.0. The summed E-state index contributed by atoms with van der Waals surface area (Å²) < 4.78 is 22.4. The van der Waals surface area contributed by atoms with Crippen molar-refractivity contribution in [3.05, 3.63) is 60.6 Å². The molecule has 0 aliphatic carbocycles. The fourth-order valence-corrected chi connectivity index (χ4v) is 5.79. The summed E-state index contributed by atoms with van der Waals surface area (Å²) in [5.41, 5.74) is 3.48. The van der Waals surface area contributed by atoms with Gasteiger partial charge in [0, 0.05) is 55.6 Å². The molecule has 1 aromatic carbocycles. The number of aromatic amines is 1. The Morgan fingerprint density at radius 3 is 2.77 bits per heavy atom. The zero-order valence-corrected chi connectivity index (χ0v) is 22.0. The molecule has 2 aliphatic rings. The van der Waals surface area contributed by atoms with Gasteiger partial charge >= 0.3 is 0 Å². The molecule has 5 heterocycles. The van der Waals surface area contributed by atoms with Crippen molar-refractivity contribution in [1.29, 1.82) is 5.26 Å². The molecule has 39 heavy (non-hydrogen) atoms. The number of hydrogen-bond donors (Lipinski definition) is 1. The summed E-state index contributed by atoms with van der Waals surface area (Å²) in [5.74, 6) is 0.381. The van der Waals surface area contributed by atoms with Crippen molar-refractivity contribution in [1.82, 2.24) is 34.5 Å². The van der Waals surface area contributed by atoms with Gasteiger partial charge in [-0.2, -0.15) is 10.4 Å². The lowest BCUT2D eigenvalue weighted by Gasteiger charge is -2.34. The smallest absolute Gasteiger partial charge is 0.141 e. The van der Waals surface area contributed by atoms with Crippen molar-refractivity contribution in [2.45, 2.75) is 50.8 Å². The molecule has 0 spiro atoms. The maximum absolute atomic E-state index is 14.3. The highest BCUT2D eigenvalue weighted by atomic mass is 19.1. The van der Waals surface area contributed by atoms with Gasteiger partial charge in [-0.1, -0.05) is 0 Å². The molecule has 2 aliphatic heterocycles. The van der Waals surface area contributed by atoms with Gasteiger partial charge in [0.1, 0.15) is 29.6 Å². The first-order valence-electron chi connectivity index (χ1n) is 13.7. The van der Waals surface area contributed by atoms with Gasteiger partial charge in [0.15, 0.2) is 0 Å². The highest BCUT2D eigenvalue weighted by Gasteiger charge is 2.25. The van der Waals surface area contributed by atoms with E-state index in [2.05, 4.69) is 35.9 Å². The van der Waals surface area contributed by atoms with E-state index in [1.54, 1.807) is 18.6 Å². The minimum Gasteiger partial charge on any atom is -0.490 e. The van der Waals surface area contributed by atoms with Gasteiger partial charge in [-0.3, -0.25) is 9.58 Å². The number of ether oxygens (including phenoxy) is 1. The summed E-state index contributed by atoms with van der Waals surface area (Å²) in [5, 5.41) is 15.1. The van der Waals surface area contributed by atoms with Gasteiger partial charge in [0.2, 0.25) is 0 Å². The van der Waals surface area contributed by atoms with Crippen LogP contribution in [0, 0.1) is 17.1 Å². The van der Waals surface area contributed by atoms with Crippen molar-refractivity contribution in [3.63, 3.8) is 0 Å². The average Bonchev–Trinajstić information content (AvgIpc) is 3.71. The number of fused-ring (bicyclic) bond motifs is 1. The van der Waals surface area contributed by atoms with E-state index < -0.39 is 0 Å². The molecule has 1 atom stereocenters. The third-order valence-electron chi connectivity index (χ3n) is 7.77. The molecule has 2 fully saturated rings. The number of aromatic nitrogens is 5. The fourth-order valence-electron chi connectivity index (χ4n) is 5.79. The molecule has 1 N–H and O–H groups in total. The number of piperidine rings is 1. The molecule has 0 saturated carbocycles. The molecular formula is C29H33FN8O. The Balaban J connectivity index is 1.06. The van der Waals surface area contributed by atoms with Crippen LogP contribution in [-0.4, -0.2) is 73.4 Å². The number of likely N-dealkylation sites (tertiary alicyclic amines) is 2. The van der Waals surface area contributed by atoms with Crippen LogP contribution in [-0.2, 0) is 6.54 Å². The predicted octanol–water partition coefficient (Wildman–Crippen LogP) is 4.55. The van der Waals surface area contributed by atoms with E-state index in [4.69, 9.17) is 4.74 Å². The first-order chi connectivity index (χ1) is 19.1. The Labute approximate surface area is 227 Å². The van der Waals surface area contributed by atoms with Crippen LogP contribution in [0.1, 0.15) is 43.7 Å². The average molecular weight is 529 g/mol. The van der Waals surface area contributed by atoms with Crippen LogP contribution in [0.2, 0.25) is 0 Å². The molecule has 3 aromatic heterocycles. The summed E-state index contributed by atoms with van der Waals surface area (Å²) in [7, 11) is 0. The number of nitrogens with one attached hydrogen (secondary N) is 1. The van der Waals surface area contributed by atoms with Crippen LogP contribution in [0.3, 0.4) is 0 Å². The first-order valence-corrected chi connectivity index (χ1v) is 13.7. The summed E-state index contributed by atoms with van der Waals surface area (Å²) in [6.45, 7) is 5.36. The van der Waals surface area contributed by atoms with Crippen molar-refractivity contribution >= 4 is 11.0 Å². The van der Waals surface area contributed by atoms with Crippen LogP contribution in [0.25, 0.3) is 22.3 Å². The van der Waals surface area contributed by atoms with E-state index >= 15 is 0 Å². The van der Waals surface area contributed by atoms with Crippen LogP contribution in [0.5, 0.6) is 5.75 Å². The highest BCUT2D eigenvalue weighted by molar-refractivity contribution is 5.89. The SMILES string of the molecule is N#CCC(CN1CCC(Oc2cc(F)cc(CN3CCCC3)c2)CC1)n1cc(-c2ncnc3[nH]ccc23)cn1. The lowest BCUT2D eigenvalue weighted by molar-refractivity contribution is 0.0908. The number of nitrogens with zero attached hydrogens (tertiary/aromatic N) is 7. The van der Waals surface area contributed by atoms with Gasteiger partial charge in [-0.25, -0.2) is 14.4 Å². The standard InChI is InChI=1S/C29H33FN8O/c30-23-13-21(17-36-9-1-2-10-36)14-26(15-23)39-25-5-11-37(12-6-25)19-24(3-7-31)38-18-22(16-35-38)28-27-4-8-32-29(27)34-20-33-28/h4,8,13-16,18,20,24-25H,1-3,5-6,9-12,17,19H2,(H,32,33,34). The molecule has 0 amide bonds. The van der Waals surface area contributed by atoms with Crippen molar-refractivity contribution in [2.75, 3.05) is 32.7 Å². The second-order valence-corrected chi connectivity index (χ2v) is 10.6. The summed E-state index contributed by atoms with van der Waals surface area (Å²) >= 11 is 0. The van der Waals surface area contributed by atoms with Crippen LogP contribution in [0.4, 0.5) is 4.39 Å². The van der Waals surface area contributed by atoms with Gasteiger partial charge in [0.25, 0.3) is 0 Å². The molecule has 10 heteroatoms. The molecule has 6 rings (SSSR count). The molecule has 202 valence electrons. The molecule has 4 aromatic rings. The normalized spacial score (nSPS) is 17.9. The summed E-state index contributed by atoms with van der Waals surface area (Å²) in [6.07, 6.45) is 11.7. The van der Waals surface area contributed by atoms with E-state index in [0.717, 1.165) is 80.0 Å². The number of hydrogen-bond acceptors (Lipinski definition) is 7. The second kappa shape index (κ2) is 11.5. The molecule has 1 unspecified atom stereocenters. The van der Waals surface area contributed by atoms with E-state index in [9.17, 15) is 9.65 Å². The zero-order chi connectivity index (χ0) is 26.6. The highest BCUT2D eigenvalue weighted by Crippen LogP contribution is 2.27. The summed E-state index contributed by atoms with van der Waals surface area (Å²) in [4.78, 5) is 16.6. The lowest BCUT2D eigenvalue weighted by Crippen LogP contribution is -2.41. The Morgan fingerprint density at radius 2 is 1.95 bits per heavy atom. The third-order valence-corrected chi connectivity index (χ3v) is 7.77. The van der Waals surface area contributed by atoms with Gasteiger partial charge in [0.05, 0.1) is 30.4 Å². The fraction of sp³-hybridized carbons (Fsp3) is 0.448.